The van der Waals surface area contributed by atoms with Crippen LogP contribution in [0, 0.1) is 0 Å². The monoisotopic (exact) mass is 275 g/mol. The van der Waals surface area contributed by atoms with Crippen molar-refractivity contribution in [3.63, 3.8) is 0 Å². The Labute approximate surface area is 116 Å². The summed E-state index contributed by atoms with van der Waals surface area (Å²) < 4.78 is 5.25. The van der Waals surface area contributed by atoms with Crippen LogP contribution in [0.4, 0.5) is 4.79 Å². The van der Waals surface area contributed by atoms with Gasteiger partial charge in [-0.1, -0.05) is 13.8 Å². The van der Waals surface area contributed by atoms with E-state index in [9.17, 15) is 9.90 Å². The first-order valence-electron chi connectivity index (χ1n) is 7.07. The van der Waals surface area contributed by atoms with Crippen molar-refractivity contribution in [2.24, 2.45) is 0 Å². The first-order chi connectivity index (χ1) is 8.76. The van der Waals surface area contributed by atoms with Gasteiger partial charge in [0, 0.05) is 13.2 Å². The van der Waals surface area contributed by atoms with Crippen molar-refractivity contribution in [2.45, 2.75) is 65.1 Å². The SMILES string of the molecule is CC.CC(C)(C)OC(=O)N1CCC(O)(CCCO)C1. The number of nitrogens with zero attached hydrogens (tertiary/aromatic N) is 1. The molecule has 0 radical (unpaired) electrons. The van der Waals surface area contributed by atoms with E-state index in [4.69, 9.17) is 9.84 Å². The Morgan fingerprint density at radius 3 is 2.42 bits per heavy atom. The molecule has 0 aromatic heterocycles. The predicted molar refractivity (Wildman–Crippen MR) is 75.0 cm³/mol. The molecule has 0 aliphatic carbocycles. The van der Waals surface area contributed by atoms with Crippen molar-refractivity contribution in [3.05, 3.63) is 0 Å². The molecule has 0 aromatic rings. The van der Waals surface area contributed by atoms with Crippen molar-refractivity contribution in [1.82, 2.24) is 4.90 Å². The number of rotatable bonds is 3. The lowest BCUT2D eigenvalue weighted by Crippen LogP contribution is -2.39. The number of aliphatic hydroxyl groups is 2. The average molecular weight is 275 g/mol. The third-order valence-electron chi connectivity index (χ3n) is 2.78. The molecule has 5 nitrogen and oxygen atoms in total. The first-order valence-corrected chi connectivity index (χ1v) is 7.07. The number of carbonyl (C=O) groups is 1. The molecule has 114 valence electrons. The molecule has 1 aliphatic rings. The van der Waals surface area contributed by atoms with E-state index >= 15 is 0 Å². The molecule has 2 N–H and O–H groups in total. The van der Waals surface area contributed by atoms with E-state index < -0.39 is 11.2 Å². The molecule has 1 aliphatic heterocycles. The Kier molecular flexibility index (Phi) is 7.37. The molecule has 0 saturated carbocycles. The third kappa shape index (κ3) is 6.78. The molecular formula is C14H29NO4. The van der Waals surface area contributed by atoms with Gasteiger partial charge in [0.05, 0.1) is 12.1 Å². The van der Waals surface area contributed by atoms with Gasteiger partial charge in [-0.3, -0.25) is 0 Å². The van der Waals surface area contributed by atoms with E-state index in [-0.39, 0.29) is 12.7 Å². The quantitative estimate of drug-likeness (QED) is 0.828. The summed E-state index contributed by atoms with van der Waals surface area (Å²) in [5.41, 5.74) is -1.37. The fourth-order valence-corrected chi connectivity index (χ4v) is 1.95. The van der Waals surface area contributed by atoms with E-state index in [1.54, 1.807) is 0 Å². The van der Waals surface area contributed by atoms with Crippen molar-refractivity contribution >= 4 is 6.09 Å². The Hall–Kier alpha value is -0.810. The molecule has 1 unspecified atom stereocenters. The van der Waals surface area contributed by atoms with Crippen LogP contribution in [0.15, 0.2) is 0 Å². The zero-order chi connectivity index (χ0) is 15.1. The predicted octanol–water partition coefficient (Wildman–Crippen LogP) is 2.16. The summed E-state index contributed by atoms with van der Waals surface area (Å²) >= 11 is 0. The highest BCUT2D eigenvalue weighted by molar-refractivity contribution is 5.68. The standard InChI is InChI=1S/C12H23NO4.C2H6/c1-11(2,3)17-10(15)13-7-6-12(16,9-13)5-4-8-14;1-2/h14,16H,4-9H2,1-3H3;1-2H3. The summed E-state index contributed by atoms with van der Waals surface area (Å²) in [6, 6.07) is 0. The van der Waals surface area contributed by atoms with Gasteiger partial charge in [-0.25, -0.2) is 4.79 Å². The summed E-state index contributed by atoms with van der Waals surface area (Å²) in [5, 5.41) is 18.9. The number of aliphatic hydroxyl groups excluding tert-OH is 1. The van der Waals surface area contributed by atoms with Crippen LogP contribution in [0.2, 0.25) is 0 Å². The molecule has 0 spiro atoms. The Morgan fingerprint density at radius 2 is 1.95 bits per heavy atom. The Bertz CT molecular complexity index is 275. The van der Waals surface area contributed by atoms with Gasteiger partial charge in [-0.15, -0.1) is 0 Å². The van der Waals surface area contributed by atoms with E-state index in [1.807, 2.05) is 34.6 Å². The lowest BCUT2D eigenvalue weighted by Gasteiger charge is -2.26. The highest BCUT2D eigenvalue weighted by Crippen LogP contribution is 2.27. The van der Waals surface area contributed by atoms with Crippen molar-refractivity contribution < 1.29 is 19.7 Å². The molecule has 0 aromatic carbocycles. The molecule has 5 heteroatoms. The Balaban J connectivity index is 0.00000154. The highest BCUT2D eigenvalue weighted by atomic mass is 16.6. The van der Waals surface area contributed by atoms with E-state index in [2.05, 4.69) is 0 Å². The molecule has 0 bridgehead atoms. The zero-order valence-electron chi connectivity index (χ0n) is 12.9. The largest absolute Gasteiger partial charge is 0.444 e. The van der Waals surface area contributed by atoms with Crippen LogP contribution in [-0.2, 0) is 4.74 Å². The Morgan fingerprint density at radius 1 is 1.37 bits per heavy atom. The zero-order valence-corrected chi connectivity index (χ0v) is 12.9. The smallest absolute Gasteiger partial charge is 0.410 e. The second kappa shape index (κ2) is 7.70. The second-order valence-electron chi connectivity index (χ2n) is 5.70. The van der Waals surface area contributed by atoms with Crippen molar-refractivity contribution in [2.75, 3.05) is 19.7 Å². The molecule has 1 amide bonds. The lowest BCUT2D eigenvalue weighted by molar-refractivity contribution is 0.0105. The molecule has 1 atom stereocenters. The third-order valence-corrected chi connectivity index (χ3v) is 2.78. The summed E-state index contributed by atoms with van der Waals surface area (Å²) in [4.78, 5) is 13.3. The number of carbonyl (C=O) groups excluding carboxylic acids is 1. The van der Waals surface area contributed by atoms with Crippen LogP contribution in [0.5, 0.6) is 0 Å². The fraction of sp³-hybridized carbons (Fsp3) is 0.929. The number of β-amino-alcohol motifs (C(OH)–C–C–N with tert-alkyl or cyclic N) is 1. The normalized spacial score (nSPS) is 22.8. The van der Waals surface area contributed by atoms with E-state index in [0.29, 0.717) is 32.4 Å². The van der Waals surface area contributed by atoms with Gasteiger partial charge in [-0.2, -0.15) is 0 Å². The summed E-state index contributed by atoms with van der Waals surface area (Å²) in [7, 11) is 0. The molecular weight excluding hydrogens is 246 g/mol. The number of ether oxygens (including phenoxy) is 1. The summed E-state index contributed by atoms with van der Waals surface area (Å²) in [5.74, 6) is 0. The van der Waals surface area contributed by atoms with Crippen LogP contribution in [0.25, 0.3) is 0 Å². The van der Waals surface area contributed by atoms with Gasteiger partial charge < -0.3 is 19.8 Å². The van der Waals surface area contributed by atoms with Crippen molar-refractivity contribution in [1.29, 1.82) is 0 Å². The molecule has 1 saturated heterocycles. The molecule has 19 heavy (non-hydrogen) atoms. The summed E-state index contributed by atoms with van der Waals surface area (Å²) in [6.07, 6.45) is 1.24. The van der Waals surface area contributed by atoms with Crippen LogP contribution >= 0.6 is 0 Å². The fourth-order valence-electron chi connectivity index (χ4n) is 1.95. The lowest BCUT2D eigenvalue weighted by atomic mass is 9.97. The minimum absolute atomic E-state index is 0.0642. The van der Waals surface area contributed by atoms with Crippen LogP contribution < -0.4 is 0 Å². The maximum atomic E-state index is 11.8. The maximum absolute atomic E-state index is 11.8. The van der Waals surface area contributed by atoms with Gasteiger partial charge in [0.15, 0.2) is 0 Å². The first kappa shape index (κ1) is 18.2. The van der Waals surface area contributed by atoms with E-state index in [1.165, 1.54) is 4.90 Å². The van der Waals surface area contributed by atoms with Gasteiger partial charge in [0.2, 0.25) is 0 Å². The average Bonchev–Trinajstić information content (AvgIpc) is 2.71. The van der Waals surface area contributed by atoms with Crippen molar-refractivity contribution in [3.8, 4) is 0 Å². The minimum Gasteiger partial charge on any atom is -0.444 e. The summed E-state index contributed by atoms with van der Waals surface area (Å²) in [6.45, 7) is 10.3. The second-order valence-corrected chi connectivity index (χ2v) is 5.70. The minimum atomic E-state index is -0.861. The van der Waals surface area contributed by atoms with Crippen LogP contribution in [0.1, 0.15) is 53.9 Å². The van der Waals surface area contributed by atoms with Gasteiger partial charge in [-0.05, 0) is 40.0 Å². The van der Waals surface area contributed by atoms with E-state index in [0.717, 1.165) is 0 Å². The van der Waals surface area contributed by atoms with Gasteiger partial charge in [0.1, 0.15) is 5.60 Å². The van der Waals surface area contributed by atoms with Gasteiger partial charge in [0.25, 0.3) is 0 Å². The molecule has 1 rings (SSSR count). The molecule has 1 heterocycles. The van der Waals surface area contributed by atoms with Crippen LogP contribution in [-0.4, -0.2) is 52.1 Å². The number of hydrogen-bond acceptors (Lipinski definition) is 4. The highest BCUT2D eigenvalue weighted by Gasteiger charge is 2.39. The number of likely N-dealkylation sites (tertiary alicyclic amines) is 1. The topological polar surface area (TPSA) is 70.0 Å². The van der Waals surface area contributed by atoms with Gasteiger partial charge >= 0.3 is 6.09 Å². The maximum Gasteiger partial charge on any atom is 0.410 e. The number of hydrogen-bond donors (Lipinski definition) is 2. The molecule has 1 fully saturated rings. The van der Waals surface area contributed by atoms with Crippen LogP contribution in [0.3, 0.4) is 0 Å². The number of amides is 1.